The van der Waals surface area contributed by atoms with Gasteiger partial charge in [-0.25, -0.2) is 4.39 Å². The van der Waals surface area contributed by atoms with Crippen LogP contribution >= 0.6 is 0 Å². The minimum Gasteiger partial charge on any atom is -0.505 e. The fourth-order valence-corrected chi connectivity index (χ4v) is 4.32. The first-order valence-corrected chi connectivity index (χ1v) is 9.07. The highest BCUT2D eigenvalue weighted by atomic mass is 19.2. The summed E-state index contributed by atoms with van der Waals surface area (Å²) in [6, 6.07) is 0. The number of aromatic hydroxyl groups is 1. The van der Waals surface area contributed by atoms with Gasteiger partial charge in [0.05, 0.1) is 0 Å². The Labute approximate surface area is 137 Å². The second-order valence-corrected chi connectivity index (χ2v) is 6.91. The van der Waals surface area contributed by atoms with Crippen LogP contribution in [0.15, 0.2) is 6.08 Å². The van der Waals surface area contributed by atoms with Gasteiger partial charge in [-0.1, -0.05) is 32.3 Å². The Bertz CT molecular complexity index is 613. The van der Waals surface area contributed by atoms with Crippen molar-refractivity contribution in [2.24, 2.45) is 0 Å². The molecule has 0 spiro atoms. The van der Waals surface area contributed by atoms with Crippen molar-refractivity contribution >= 4 is 5.57 Å². The molecule has 2 aliphatic rings. The van der Waals surface area contributed by atoms with Crippen LogP contribution in [0.5, 0.6) is 5.75 Å². The maximum absolute atomic E-state index is 14.8. The average Bonchev–Trinajstić information content (AvgIpc) is 2.61. The zero-order valence-electron chi connectivity index (χ0n) is 13.9. The Hall–Kier alpha value is -1.38. The van der Waals surface area contributed by atoms with E-state index in [2.05, 4.69) is 6.08 Å². The van der Waals surface area contributed by atoms with Crippen LogP contribution in [0.1, 0.15) is 87.3 Å². The molecule has 0 atom stereocenters. The molecule has 126 valence electrons. The van der Waals surface area contributed by atoms with Gasteiger partial charge in [-0.05, 0) is 62.0 Å². The summed E-state index contributed by atoms with van der Waals surface area (Å²) in [5.41, 5.74) is 2.95. The van der Waals surface area contributed by atoms with Crippen molar-refractivity contribution in [2.75, 3.05) is 0 Å². The van der Waals surface area contributed by atoms with Crippen LogP contribution in [0.4, 0.5) is 8.78 Å². The van der Waals surface area contributed by atoms with Gasteiger partial charge in [0, 0.05) is 11.1 Å². The fraction of sp³-hybridized carbons (Fsp3) is 0.600. The predicted octanol–water partition coefficient (Wildman–Crippen LogP) is 6.24. The van der Waals surface area contributed by atoms with Crippen molar-refractivity contribution in [3.8, 4) is 5.75 Å². The van der Waals surface area contributed by atoms with Crippen LogP contribution in [0.2, 0.25) is 0 Å². The van der Waals surface area contributed by atoms with Crippen LogP contribution in [-0.2, 0) is 6.42 Å². The molecule has 1 aromatic carbocycles. The number of phenols is 1. The molecule has 0 unspecified atom stereocenters. The first-order valence-electron chi connectivity index (χ1n) is 9.07. The van der Waals surface area contributed by atoms with Crippen LogP contribution in [0.3, 0.4) is 0 Å². The quantitative estimate of drug-likeness (QED) is 0.699. The van der Waals surface area contributed by atoms with Gasteiger partial charge in [0.25, 0.3) is 0 Å². The van der Waals surface area contributed by atoms with Crippen molar-refractivity contribution in [1.29, 1.82) is 0 Å². The third kappa shape index (κ3) is 3.02. The van der Waals surface area contributed by atoms with Crippen LogP contribution in [-0.4, -0.2) is 5.11 Å². The van der Waals surface area contributed by atoms with Gasteiger partial charge < -0.3 is 5.11 Å². The normalized spacial score (nSPS) is 19.7. The van der Waals surface area contributed by atoms with Gasteiger partial charge in [-0.15, -0.1) is 0 Å². The third-order valence-corrected chi connectivity index (χ3v) is 5.48. The number of hydrogen-bond acceptors (Lipinski definition) is 1. The molecule has 23 heavy (non-hydrogen) atoms. The lowest BCUT2D eigenvalue weighted by molar-refractivity contribution is 0.390. The molecular weight excluding hydrogens is 294 g/mol. The average molecular weight is 320 g/mol. The second-order valence-electron chi connectivity index (χ2n) is 6.91. The van der Waals surface area contributed by atoms with E-state index in [0.29, 0.717) is 17.5 Å². The van der Waals surface area contributed by atoms with Gasteiger partial charge in [0.15, 0.2) is 11.6 Å². The van der Waals surface area contributed by atoms with Gasteiger partial charge in [-0.2, -0.15) is 4.39 Å². The Morgan fingerprint density at radius 2 is 1.78 bits per heavy atom. The highest BCUT2D eigenvalue weighted by Crippen LogP contribution is 2.45. The lowest BCUT2D eigenvalue weighted by atomic mass is 9.76. The van der Waals surface area contributed by atoms with E-state index in [0.717, 1.165) is 62.5 Å². The summed E-state index contributed by atoms with van der Waals surface area (Å²) in [5.74, 6) is -2.13. The molecule has 1 N–H and O–H groups in total. The lowest BCUT2D eigenvalue weighted by Crippen LogP contribution is -2.14. The fourth-order valence-electron chi connectivity index (χ4n) is 4.32. The maximum atomic E-state index is 14.8. The molecule has 0 aliphatic heterocycles. The van der Waals surface area contributed by atoms with Gasteiger partial charge in [0.1, 0.15) is 0 Å². The summed E-state index contributed by atoms with van der Waals surface area (Å²) in [6.45, 7) is 1.91. The molecule has 1 aromatic rings. The summed E-state index contributed by atoms with van der Waals surface area (Å²) in [5, 5.41) is 10.2. The number of benzene rings is 1. The molecule has 0 aromatic heterocycles. The number of phenolic OH excluding ortho intramolecular Hbond substituents is 1. The van der Waals surface area contributed by atoms with E-state index in [4.69, 9.17) is 0 Å². The summed E-state index contributed by atoms with van der Waals surface area (Å²) in [7, 11) is 0. The van der Waals surface area contributed by atoms with E-state index in [1.54, 1.807) is 0 Å². The zero-order chi connectivity index (χ0) is 16.4. The molecule has 0 heterocycles. The van der Waals surface area contributed by atoms with Crippen molar-refractivity contribution in [3.63, 3.8) is 0 Å². The first-order chi connectivity index (χ1) is 11.1. The van der Waals surface area contributed by atoms with E-state index in [1.165, 1.54) is 6.42 Å². The SMILES string of the molecule is CCc1c(O)c(F)c(F)c(C2=CCCCC2)c1C1CCCCC1. The number of rotatable bonds is 3. The van der Waals surface area contributed by atoms with Crippen molar-refractivity contribution in [2.45, 2.75) is 77.0 Å². The van der Waals surface area contributed by atoms with Crippen molar-refractivity contribution in [3.05, 3.63) is 34.4 Å². The van der Waals surface area contributed by atoms with E-state index in [1.807, 2.05) is 6.92 Å². The maximum Gasteiger partial charge on any atom is 0.201 e. The first kappa shape index (κ1) is 16.5. The summed E-state index contributed by atoms with van der Waals surface area (Å²) in [4.78, 5) is 0. The molecule has 0 bridgehead atoms. The van der Waals surface area contributed by atoms with Gasteiger partial charge in [0.2, 0.25) is 5.82 Å². The summed E-state index contributed by atoms with van der Waals surface area (Å²) >= 11 is 0. The van der Waals surface area contributed by atoms with E-state index in [9.17, 15) is 13.9 Å². The predicted molar refractivity (Wildman–Crippen MR) is 89.7 cm³/mol. The Balaban J connectivity index is 2.21. The minimum absolute atomic E-state index is 0.248. The largest absolute Gasteiger partial charge is 0.505 e. The molecule has 0 saturated heterocycles. The van der Waals surface area contributed by atoms with E-state index >= 15 is 0 Å². The Morgan fingerprint density at radius 1 is 1.04 bits per heavy atom. The minimum atomic E-state index is -1.07. The molecule has 1 fully saturated rings. The molecule has 3 heteroatoms. The van der Waals surface area contributed by atoms with Crippen molar-refractivity contribution in [1.82, 2.24) is 0 Å². The number of halogens is 2. The van der Waals surface area contributed by atoms with Crippen LogP contribution < -0.4 is 0 Å². The molecule has 2 aliphatic carbocycles. The van der Waals surface area contributed by atoms with Gasteiger partial charge in [-0.3, -0.25) is 0 Å². The molecule has 0 radical (unpaired) electrons. The zero-order valence-corrected chi connectivity index (χ0v) is 13.9. The Morgan fingerprint density at radius 3 is 2.39 bits per heavy atom. The highest BCUT2D eigenvalue weighted by molar-refractivity contribution is 5.72. The standard InChI is InChI=1S/C20H26F2O/c1-2-15-16(13-9-5-3-6-10-13)17(14-11-7-4-8-12-14)18(21)19(22)20(15)23/h11,13,23H,2-10,12H2,1H3. The van der Waals surface area contributed by atoms with E-state index in [-0.39, 0.29) is 5.92 Å². The lowest BCUT2D eigenvalue weighted by Gasteiger charge is -2.29. The molecular formula is C20H26F2O. The smallest absolute Gasteiger partial charge is 0.201 e. The van der Waals surface area contributed by atoms with Crippen LogP contribution in [0.25, 0.3) is 5.57 Å². The highest BCUT2D eigenvalue weighted by Gasteiger charge is 2.30. The van der Waals surface area contributed by atoms with Crippen LogP contribution in [0, 0.1) is 11.6 Å². The van der Waals surface area contributed by atoms with Crippen molar-refractivity contribution < 1.29 is 13.9 Å². The van der Waals surface area contributed by atoms with E-state index < -0.39 is 17.4 Å². The molecule has 0 amide bonds. The Kier molecular flexibility index (Phi) is 5.03. The summed E-state index contributed by atoms with van der Waals surface area (Å²) in [6.07, 6.45) is 12.0. The third-order valence-electron chi connectivity index (χ3n) is 5.48. The molecule has 1 saturated carbocycles. The monoisotopic (exact) mass is 320 g/mol. The number of hydrogen-bond donors (Lipinski definition) is 1. The summed E-state index contributed by atoms with van der Waals surface area (Å²) < 4.78 is 29.1. The van der Waals surface area contributed by atoms with Gasteiger partial charge >= 0.3 is 0 Å². The second kappa shape index (κ2) is 7.02. The molecule has 1 nitrogen and oxygen atoms in total. The molecule has 3 rings (SSSR count). The number of allylic oxidation sites excluding steroid dienone is 2. The topological polar surface area (TPSA) is 20.2 Å².